The largest absolute Gasteiger partial charge is 0.462 e. The molecule has 0 atom stereocenters. The van der Waals surface area contributed by atoms with Gasteiger partial charge in [0.05, 0.1) is 17.9 Å². The molecule has 0 spiro atoms. The Labute approximate surface area is 147 Å². The van der Waals surface area contributed by atoms with Crippen molar-refractivity contribution in [1.29, 1.82) is 0 Å². The zero-order chi connectivity index (χ0) is 17.9. The molecule has 0 unspecified atom stereocenters. The van der Waals surface area contributed by atoms with Crippen molar-refractivity contribution in [2.24, 2.45) is 0 Å². The van der Waals surface area contributed by atoms with E-state index in [2.05, 4.69) is 10.0 Å². The Balaban J connectivity index is 1.86. The van der Waals surface area contributed by atoms with Crippen molar-refractivity contribution >= 4 is 22.4 Å². The van der Waals surface area contributed by atoms with E-state index in [0.717, 1.165) is 0 Å². The van der Waals surface area contributed by atoms with Gasteiger partial charge in [0.1, 0.15) is 16.4 Å². The molecule has 4 N–H and O–H groups in total. The summed E-state index contributed by atoms with van der Waals surface area (Å²) in [4.78, 5) is 12.2. The summed E-state index contributed by atoms with van der Waals surface area (Å²) in [5.74, 6) is 0.471. The molecule has 3 rings (SSSR count). The summed E-state index contributed by atoms with van der Waals surface area (Å²) >= 11 is 0. The standard InChI is InChI=1S/C17H20N2O5S/c1-2-23-17(20)12-4-3-5-13(10-12)24-14-6-7-15-16(11-14)25(21,22)19-9-8-18-15/h3-7,10-11,18-19,21-22H,2,8-9H2,1H3. The summed E-state index contributed by atoms with van der Waals surface area (Å²) in [7, 11) is -3.09. The van der Waals surface area contributed by atoms with Crippen LogP contribution in [0.25, 0.3) is 0 Å². The van der Waals surface area contributed by atoms with Crippen LogP contribution in [0.15, 0.2) is 47.4 Å². The van der Waals surface area contributed by atoms with Crippen molar-refractivity contribution < 1.29 is 23.4 Å². The predicted octanol–water partition coefficient (Wildman–Crippen LogP) is 3.70. The number of benzene rings is 2. The molecule has 0 aliphatic carbocycles. The molecule has 0 amide bonds. The third-order valence-electron chi connectivity index (χ3n) is 3.58. The van der Waals surface area contributed by atoms with Crippen LogP contribution in [-0.4, -0.2) is 34.8 Å². The second kappa shape index (κ2) is 7.32. The van der Waals surface area contributed by atoms with Crippen molar-refractivity contribution in [1.82, 2.24) is 4.72 Å². The molecule has 25 heavy (non-hydrogen) atoms. The van der Waals surface area contributed by atoms with Crippen LogP contribution in [0.1, 0.15) is 17.3 Å². The van der Waals surface area contributed by atoms with E-state index >= 15 is 0 Å². The van der Waals surface area contributed by atoms with E-state index in [4.69, 9.17) is 9.47 Å². The van der Waals surface area contributed by atoms with Crippen molar-refractivity contribution in [3.8, 4) is 11.5 Å². The third-order valence-corrected chi connectivity index (χ3v) is 5.14. The maximum absolute atomic E-state index is 11.8. The molecule has 1 heterocycles. The molecule has 134 valence electrons. The summed E-state index contributed by atoms with van der Waals surface area (Å²) in [6, 6.07) is 11.7. The lowest BCUT2D eigenvalue weighted by atomic mass is 10.2. The van der Waals surface area contributed by atoms with Crippen LogP contribution in [0.3, 0.4) is 0 Å². The third kappa shape index (κ3) is 4.05. The van der Waals surface area contributed by atoms with Gasteiger partial charge in [-0.1, -0.05) is 6.07 Å². The van der Waals surface area contributed by atoms with Crippen LogP contribution in [0, 0.1) is 0 Å². The van der Waals surface area contributed by atoms with Gasteiger partial charge in [0.15, 0.2) is 0 Å². The molecule has 0 fully saturated rings. The summed E-state index contributed by atoms with van der Waals surface area (Å²) in [5.41, 5.74) is 1.04. The molecule has 2 aromatic carbocycles. The number of carbonyl (C=O) groups excluding carboxylic acids is 1. The molecule has 2 aromatic rings. The Morgan fingerprint density at radius 1 is 1.16 bits per heavy atom. The van der Waals surface area contributed by atoms with Crippen LogP contribution in [0.4, 0.5) is 5.69 Å². The minimum atomic E-state index is -3.09. The molecular weight excluding hydrogens is 344 g/mol. The number of hydrogen-bond acceptors (Lipinski definition) is 7. The fourth-order valence-electron chi connectivity index (χ4n) is 2.45. The van der Waals surface area contributed by atoms with Gasteiger partial charge in [0, 0.05) is 19.2 Å². The minimum Gasteiger partial charge on any atom is -0.462 e. The van der Waals surface area contributed by atoms with Crippen LogP contribution < -0.4 is 14.8 Å². The van der Waals surface area contributed by atoms with E-state index in [9.17, 15) is 13.9 Å². The molecule has 1 aliphatic heterocycles. The highest BCUT2D eigenvalue weighted by atomic mass is 32.3. The van der Waals surface area contributed by atoms with Gasteiger partial charge in [0.2, 0.25) is 0 Å². The van der Waals surface area contributed by atoms with Crippen molar-refractivity contribution in [2.45, 2.75) is 11.8 Å². The van der Waals surface area contributed by atoms with Gasteiger partial charge >= 0.3 is 5.97 Å². The highest BCUT2D eigenvalue weighted by Crippen LogP contribution is 2.50. The second-order valence-corrected chi connectivity index (χ2v) is 7.20. The lowest BCUT2D eigenvalue weighted by Gasteiger charge is -2.32. The first kappa shape index (κ1) is 17.6. The lowest BCUT2D eigenvalue weighted by molar-refractivity contribution is 0.0526. The predicted molar refractivity (Wildman–Crippen MR) is 96.5 cm³/mol. The highest BCUT2D eigenvalue weighted by molar-refractivity contribution is 8.22. The average molecular weight is 364 g/mol. The first-order chi connectivity index (χ1) is 12.0. The molecule has 0 bridgehead atoms. The highest BCUT2D eigenvalue weighted by Gasteiger charge is 2.23. The number of fused-ring (bicyclic) bond motifs is 1. The van der Waals surface area contributed by atoms with Crippen LogP contribution >= 0.6 is 10.8 Å². The van der Waals surface area contributed by atoms with Crippen LogP contribution in [-0.2, 0) is 4.74 Å². The van der Waals surface area contributed by atoms with E-state index in [1.54, 1.807) is 49.4 Å². The first-order valence-electron chi connectivity index (χ1n) is 7.85. The second-order valence-electron chi connectivity index (χ2n) is 5.38. The van der Waals surface area contributed by atoms with E-state index < -0.39 is 16.7 Å². The van der Waals surface area contributed by atoms with E-state index in [1.807, 2.05) is 0 Å². The number of hydrogen-bond donors (Lipinski definition) is 4. The van der Waals surface area contributed by atoms with Gasteiger partial charge < -0.3 is 14.8 Å². The molecule has 1 aliphatic rings. The number of anilines is 1. The monoisotopic (exact) mass is 364 g/mol. The summed E-state index contributed by atoms with van der Waals surface area (Å²) in [5, 5.41) is 3.13. The Kier molecular flexibility index (Phi) is 5.14. The number of carbonyl (C=O) groups is 1. The van der Waals surface area contributed by atoms with E-state index in [-0.39, 0.29) is 0 Å². The number of ether oxygens (including phenoxy) is 2. The summed E-state index contributed by atoms with van der Waals surface area (Å²) in [6.45, 7) is 3.07. The zero-order valence-electron chi connectivity index (χ0n) is 13.7. The van der Waals surface area contributed by atoms with Crippen molar-refractivity contribution in [3.63, 3.8) is 0 Å². The average Bonchev–Trinajstić information content (AvgIpc) is 2.74. The fourth-order valence-corrected chi connectivity index (χ4v) is 3.72. The minimum absolute atomic E-state index is 0.298. The topological polar surface area (TPSA) is 100 Å². The van der Waals surface area contributed by atoms with E-state index in [1.165, 1.54) is 0 Å². The first-order valence-corrected chi connectivity index (χ1v) is 9.40. The zero-order valence-corrected chi connectivity index (χ0v) is 14.5. The maximum Gasteiger partial charge on any atom is 0.338 e. The number of rotatable bonds is 4. The van der Waals surface area contributed by atoms with Gasteiger partial charge in [-0.25, -0.2) is 9.52 Å². The number of esters is 1. The normalized spacial score (nSPS) is 16.8. The molecular formula is C17H20N2O5S. The molecule has 0 saturated carbocycles. The maximum atomic E-state index is 11.8. The molecule has 0 radical (unpaired) electrons. The van der Waals surface area contributed by atoms with Crippen LogP contribution in [0.2, 0.25) is 0 Å². The number of nitrogens with one attached hydrogen (secondary N) is 2. The Bertz CT molecular complexity index is 781. The van der Waals surface area contributed by atoms with Crippen LogP contribution in [0.5, 0.6) is 11.5 Å². The van der Waals surface area contributed by atoms with Crippen molar-refractivity contribution in [3.05, 3.63) is 48.0 Å². The van der Waals surface area contributed by atoms with Gasteiger partial charge in [-0.05, 0) is 37.3 Å². The van der Waals surface area contributed by atoms with Gasteiger partial charge in [-0.3, -0.25) is 9.11 Å². The van der Waals surface area contributed by atoms with Gasteiger partial charge in [-0.2, -0.15) is 0 Å². The summed E-state index contributed by atoms with van der Waals surface area (Å²) in [6.07, 6.45) is 0. The smallest absolute Gasteiger partial charge is 0.338 e. The van der Waals surface area contributed by atoms with Crippen molar-refractivity contribution in [2.75, 3.05) is 25.0 Å². The lowest BCUT2D eigenvalue weighted by Crippen LogP contribution is -2.22. The Morgan fingerprint density at radius 3 is 2.76 bits per heavy atom. The summed E-state index contributed by atoms with van der Waals surface area (Å²) < 4.78 is 34.0. The fraction of sp³-hybridized carbons (Fsp3) is 0.235. The van der Waals surface area contributed by atoms with Gasteiger partial charge in [-0.15, -0.1) is 10.8 Å². The molecule has 8 heteroatoms. The molecule has 0 saturated heterocycles. The SMILES string of the molecule is CCOC(=O)c1cccc(Oc2ccc3c(c2)S(O)(O)NCCN3)c1. The quantitative estimate of drug-likeness (QED) is 0.614. The van der Waals surface area contributed by atoms with Gasteiger partial charge in [0.25, 0.3) is 0 Å². The Hall–Kier alpha value is -2.26. The molecule has 0 aromatic heterocycles. The molecule has 7 nitrogen and oxygen atoms in total. The van der Waals surface area contributed by atoms with E-state index in [0.29, 0.717) is 47.3 Å². The Morgan fingerprint density at radius 2 is 1.96 bits per heavy atom.